The van der Waals surface area contributed by atoms with Crippen molar-refractivity contribution in [3.8, 4) is 0 Å². The second kappa shape index (κ2) is 10.4. The van der Waals surface area contributed by atoms with Gasteiger partial charge in [0.1, 0.15) is 0 Å². The van der Waals surface area contributed by atoms with Gasteiger partial charge in [0.25, 0.3) is 0 Å². The first-order chi connectivity index (χ1) is 10.4. The van der Waals surface area contributed by atoms with E-state index in [9.17, 15) is 15.3 Å². The Labute approximate surface area is 159 Å². The molecule has 0 aromatic heterocycles. The van der Waals surface area contributed by atoms with Crippen LogP contribution in [0.5, 0.6) is 0 Å². The minimum absolute atomic E-state index is 0.750. The molecule has 1 aliphatic rings. The molecule has 0 amide bonds. The zero-order valence-corrected chi connectivity index (χ0v) is 20.7. The van der Waals surface area contributed by atoms with E-state index in [0.29, 0.717) is 0 Å². The fraction of sp³-hybridized carbons (Fsp3) is 0.810. The number of rotatable bonds is 1. The van der Waals surface area contributed by atoms with Crippen molar-refractivity contribution < 1.29 is 30.6 Å². The van der Waals surface area contributed by atoms with E-state index >= 15 is 0 Å². The Hall–Kier alpha value is 0.0743. The van der Waals surface area contributed by atoms with Crippen molar-refractivity contribution in [3.63, 3.8) is 0 Å². The van der Waals surface area contributed by atoms with Crippen LogP contribution in [0.2, 0.25) is 20.9 Å². The van der Waals surface area contributed by atoms with Crippen LogP contribution in [0, 0.1) is 0 Å². The second-order valence-electron chi connectivity index (χ2n) is 11.7. The molecule has 1 aliphatic carbocycles. The van der Waals surface area contributed by atoms with Crippen LogP contribution in [0.1, 0.15) is 68.7 Å². The fourth-order valence-corrected chi connectivity index (χ4v) is 3.84. The Morgan fingerprint density at radius 2 is 0.920 bits per heavy atom. The molecule has 0 unspecified atom stereocenters. The number of allylic oxidation sites excluding steroid dienone is 4. The first-order valence-electron chi connectivity index (χ1n) is 9.08. The van der Waals surface area contributed by atoms with Crippen molar-refractivity contribution in [1.82, 2.24) is 0 Å². The summed E-state index contributed by atoms with van der Waals surface area (Å²) in [7, 11) is 0. The molecular weight excluding hydrogens is 348 g/mol. The molecule has 3 nitrogen and oxygen atoms in total. The zero-order valence-electron chi connectivity index (χ0n) is 19.2. The molecule has 0 saturated heterocycles. The van der Waals surface area contributed by atoms with Gasteiger partial charge in [0.15, 0.2) is 0 Å². The maximum atomic E-state index is 10.1. The molecule has 0 fully saturated rings. The van der Waals surface area contributed by atoms with Crippen LogP contribution in [-0.2, 0) is 15.3 Å². The third-order valence-corrected chi connectivity index (χ3v) is 6.65. The summed E-state index contributed by atoms with van der Waals surface area (Å²) in [6.07, 6.45) is 7.99. The zero-order chi connectivity index (χ0) is 21.4. The molecule has 25 heavy (non-hydrogen) atoms. The summed E-state index contributed by atoms with van der Waals surface area (Å²) >= 11 is -2.02. The molecular formula is C21H44O3Ti. The predicted octanol–water partition coefficient (Wildman–Crippen LogP) is 4.15. The first kappa shape index (κ1) is 29.8. The van der Waals surface area contributed by atoms with Crippen LogP contribution in [-0.4, -0.2) is 16.8 Å². The van der Waals surface area contributed by atoms with Crippen LogP contribution in [0.25, 0.3) is 0 Å². The van der Waals surface area contributed by atoms with Gasteiger partial charge in [-0.15, -0.1) is 16.8 Å². The molecule has 0 N–H and O–H groups in total. The summed E-state index contributed by atoms with van der Waals surface area (Å²) in [6.45, 7) is 14.7. The second-order valence-corrected chi connectivity index (χ2v) is 25.2. The van der Waals surface area contributed by atoms with Crippen molar-refractivity contribution in [1.29, 1.82) is 0 Å². The molecule has 0 aromatic carbocycles. The Kier molecular flexibility index (Phi) is 12.4. The molecule has 0 bridgehead atoms. The summed E-state index contributed by atoms with van der Waals surface area (Å²) in [5, 5.41) is 40.2. The van der Waals surface area contributed by atoms with E-state index in [4.69, 9.17) is 0 Å². The van der Waals surface area contributed by atoms with Crippen molar-refractivity contribution in [3.05, 3.63) is 22.1 Å². The van der Waals surface area contributed by atoms with Crippen molar-refractivity contribution in [2.24, 2.45) is 0 Å². The third-order valence-electron chi connectivity index (χ3n) is 2.06. The summed E-state index contributed by atoms with van der Waals surface area (Å²) in [6, 6.07) is 0. The first-order valence-corrected chi connectivity index (χ1v) is 16.1. The standard InChI is InChI=1S/C5H5.3C4H9O.4CH3.Ti/c1-2-4-5-3-1;3*1-4(2,3)5;;;;;/h1-3H,4H2;3*1-3H3;4*1H3;/q;3*-1;;;;;+3. The predicted molar refractivity (Wildman–Crippen MR) is 105 cm³/mol. The van der Waals surface area contributed by atoms with Gasteiger partial charge < -0.3 is 15.3 Å². The molecule has 1 rings (SSSR count). The maximum absolute atomic E-state index is 10.1. The van der Waals surface area contributed by atoms with E-state index in [0.717, 1.165) is 0 Å². The van der Waals surface area contributed by atoms with Gasteiger partial charge in [0.2, 0.25) is 0 Å². The van der Waals surface area contributed by atoms with E-state index in [2.05, 4.69) is 39.1 Å². The molecule has 0 atom stereocenters. The Morgan fingerprint density at radius 1 is 0.680 bits per heavy atom. The SMILES string of the molecule is CC(C)(C)[O-].CC(C)(C)[O-].CC(C)(C)[O-].[CH3][Ti+3]([CH3])([CH3])([CH3])[C]1=CC=CC1. The van der Waals surface area contributed by atoms with Crippen LogP contribution in [0.4, 0.5) is 0 Å². The van der Waals surface area contributed by atoms with Gasteiger partial charge in [-0.05, 0) is 0 Å². The average molecular weight is 392 g/mol. The van der Waals surface area contributed by atoms with Gasteiger partial charge in [0, 0.05) is 0 Å². The monoisotopic (exact) mass is 392 g/mol. The molecule has 0 aliphatic heterocycles. The minimum atomic E-state index is -2.02. The van der Waals surface area contributed by atoms with Gasteiger partial charge in [0.05, 0.1) is 0 Å². The quantitative estimate of drug-likeness (QED) is 0.630. The summed E-state index contributed by atoms with van der Waals surface area (Å²) in [5.74, 6) is 0. The molecule has 0 heterocycles. The van der Waals surface area contributed by atoms with Gasteiger partial charge in [-0.25, -0.2) is 0 Å². The molecule has 150 valence electrons. The van der Waals surface area contributed by atoms with Gasteiger partial charge in [-0.3, -0.25) is 0 Å². The van der Waals surface area contributed by atoms with Gasteiger partial charge in [-0.1, -0.05) is 62.3 Å². The van der Waals surface area contributed by atoms with Crippen LogP contribution >= 0.6 is 0 Å². The number of hydrogen-bond donors (Lipinski definition) is 0. The van der Waals surface area contributed by atoms with Crippen LogP contribution < -0.4 is 15.3 Å². The summed E-state index contributed by atoms with van der Waals surface area (Å²) < 4.78 is 1.72. The normalized spacial score (nSPS) is 14.0. The van der Waals surface area contributed by atoms with Crippen LogP contribution in [0.15, 0.2) is 22.1 Å². The molecule has 4 heteroatoms. The van der Waals surface area contributed by atoms with E-state index in [1.807, 2.05) is 0 Å². The van der Waals surface area contributed by atoms with E-state index in [-0.39, 0.29) is 0 Å². The Bertz CT molecular complexity index is 363. The Balaban J connectivity index is -0.000000279. The van der Waals surface area contributed by atoms with E-state index < -0.39 is 32.1 Å². The van der Waals surface area contributed by atoms with E-state index in [1.54, 1.807) is 66.2 Å². The molecule has 0 radical (unpaired) electrons. The van der Waals surface area contributed by atoms with Crippen molar-refractivity contribution >= 4 is 0 Å². The Morgan fingerprint density at radius 3 is 1.00 bits per heavy atom. The van der Waals surface area contributed by atoms with E-state index in [1.165, 1.54) is 6.42 Å². The molecule has 0 aromatic rings. The van der Waals surface area contributed by atoms with Gasteiger partial charge >= 0.3 is 64.7 Å². The van der Waals surface area contributed by atoms with Crippen LogP contribution in [0.3, 0.4) is 0 Å². The topological polar surface area (TPSA) is 69.2 Å². The summed E-state index contributed by atoms with van der Waals surface area (Å²) in [5.41, 5.74) is -2.25. The molecule has 0 spiro atoms. The third kappa shape index (κ3) is 51.6. The fourth-order valence-electron chi connectivity index (χ4n) is 1.19. The average Bonchev–Trinajstić information content (AvgIpc) is 2.56. The van der Waals surface area contributed by atoms with Crippen molar-refractivity contribution in [2.75, 3.05) is 0 Å². The van der Waals surface area contributed by atoms with Gasteiger partial charge in [-0.2, -0.15) is 0 Å². The van der Waals surface area contributed by atoms with Crippen molar-refractivity contribution in [2.45, 2.75) is 106 Å². The number of hydrogen-bond acceptors (Lipinski definition) is 3. The molecule has 0 saturated carbocycles. The summed E-state index contributed by atoms with van der Waals surface area (Å²) in [4.78, 5) is 0.